The molecular weight excluding hydrogens is 636 g/mol. The summed E-state index contributed by atoms with van der Waals surface area (Å²) in [6.45, 7) is 1.35. The van der Waals surface area contributed by atoms with Gasteiger partial charge in [-0.2, -0.15) is 0 Å². The van der Waals surface area contributed by atoms with Gasteiger partial charge < -0.3 is 10.2 Å². The number of hydrogen-bond donors (Lipinski definition) is 1. The van der Waals surface area contributed by atoms with E-state index in [4.69, 9.17) is 23.2 Å². The van der Waals surface area contributed by atoms with Crippen LogP contribution in [0, 0.1) is 5.82 Å². The lowest BCUT2D eigenvalue weighted by Gasteiger charge is -2.34. The maximum absolute atomic E-state index is 15.0. The summed E-state index contributed by atoms with van der Waals surface area (Å²) in [7, 11) is -4.36. The van der Waals surface area contributed by atoms with Crippen LogP contribution < -0.4 is 9.62 Å². The zero-order chi connectivity index (χ0) is 32.4. The van der Waals surface area contributed by atoms with Gasteiger partial charge in [0, 0.05) is 30.1 Å². The van der Waals surface area contributed by atoms with E-state index in [0.717, 1.165) is 22.7 Å². The molecule has 0 spiro atoms. The summed E-state index contributed by atoms with van der Waals surface area (Å²) in [6.07, 6.45) is 1.68. The number of amides is 2. The summed E-state index contributed by atoms with van der Waals surface area (Å²) in [4.78, 5) is 29.3. The minimum atomic E-state index is -4.36. The normalized spacial score (nSPS) is 11.9. The molecule has 0 saturated carbocycles. The molecule has 11 heteroatoms. The van der Waals surface area contributed by atoms with Gasteiger partial charge in [-0.3, -0.25) is 13.9 Å². The molecule has 0 aromatic heterocycles. The van der Waals surface area contributed by atoms with Gasteiger partial charge in [0.1, 0.15) is 18.4 Å². The second-order valence-corrected chi connectivity index (χ2v) is 13.1. The smallest absolute Gasteiger partial charge is 0.264 e. The molecule has 1 N–H and O–H groups in total. The quantitative estimate of drug-likeness (QED) is 0.148. The number of nitrogens with one attached hydrogen (secondary N) is 1. The second-order valence-electron chi connectivity index (χ2n) is 10.4. The molecule has 236 valence electrons. The molecule has 0 saturated heterocycles. The van der Waals surface area contributed by atoms with Gasteiger partial charge >= 0.3 is 0 Å². The first-order valence-electron chi connectivity index (χ1n) is 14.5. The zero-order valence-electron chi connectivity index (χ0n) is 24.7. The van der Waals surface area contributed by atoms with Crippen LogP contribution in [-0.2, 0) is 32.6 Å². The molecule has 45 heavy (non-hydrogen) atoms. The maximum Gasteiger partial charge on any atom is 0.264 e. The first kappa shape index (κ1) is 34.0. The summed E-state index contributed by atoms with van der Waals surface area (Å²) < 4.78 is 44.0. The van der Waals surface area contributed by atoms with Crippen LogP contribution in [0.15, 0.2) is 108 Å². The minimum absolute atomic E-state index is 0.0146. The van der Waals surface area contributed by atoms with Gasteiger partial charge in [-0.15, -0.1) is 0 Å². The molecule has 4 rings (SSSR count). The Balaban J connectivity index is 1.82. The maximum atomic E-state index is 15.0. The van der Waals surface area contributed by atoms with Crippen LogP contribution in [0.3, 0.4) is 0 Å². The average molecular weight is 671 g/mol. The summed E-state index contributed by atoms with van der Waals surface area (Å²) >= 11 is 12.7. The number of unbranched alkanes of at least 4 members (excludes halogenated alkanes) is 1. The summed E-state index contributed by atoms with van der Waals surface area (Å²) in [5.74, 6) is -1.73. The van der Waals surface area contributed by atoms with Crippen molar-refractivity contribution in [3.05, 3.63) is 130 Å². The van der Waals surface area contributed by atoms with E-state index in [9.17, 15) is 18.0 Å². The van der Waals surface area contributed by atoms with Crippen molar-refractivity contribution in [1.29, 1.82) is 0 Å². The Hall–Kier alpha value is -3.92. The average Bonchev–Trinajstić information content (AvgIpc) is 3.04. The Kier molecular flexibility index (Phi) is 12.0. The lowest BCUT2D eigenvalue weighted by atomic mass is 10.0. The molecule has 7 nitrogen and oxygen atoms in total. The predicted molar refractivity (Wildman–Crippen MR) is 176 cm³/mol. The number of carbonyl (C=O) groups excluding carboxylic acids is 2. The van der Waals surface area contributed by atoms with E-state index >= 15 is 4.39 Å². The molecule has 0 radical (unpaired) electrons. The summed E-state index contributed by atoms with van der Waals surface area (Å²) in [6, 6.07) is 25.9. The van der Waals surface area contributed by atoms with Crippen LogP contribution in [-0.4, -0.2) is 44.3 Å². The highest BCUT2D eigenvalue weighted by atomic mass is 35.5. The number of hydrogen-bond acceptors (Lipinski definition) is 4. The molecule has 4 aromatic rings. The monoisotopic (exact) mass is 669 g/mol. The van der Waals surface area contributed by atoms with Gasteiger partial charge in [0.2, 0.25) is 11.8 Å². The van der Waals surface area contributed by atoms with Gasteiger partial charge in [0.15, 0.2) is 0 Å². The van der Waals surface area contributed by atoms with Crippen LogP contribution in [0.2, 0.25) is 10.0 Å². The van der Waals surface area contributed by atoms with Crippen molar-refractivity contribution >= 4 is 50.7 Å². The van der Waals surface area contributed by atoms with Crippen LogP contribution >= 0.6 is 23.2 Å². The van der Waals surface area contributed by atoms with E-state index in [-0.39, 0.29) is 39.2 Å². The highest BCUT2D eigenvalue weighted by Crippen LogP contribution is 2.33. The van der Waals surface area contributed by atoms with E-state index in [1.54, 1.807) is 24.3 Å². The van der Waals surface area contributed by atoms with Gasteiger partial charge in [0.25, 0.3) is 10.0 Å². The topological polar surface area (TPSA) is 86.8 Å². The lowest BCUT2D eigenvalue weighted by molar-refractivity contribution is -0.140. The number of benzene rings is 4. The number of nitrogens with zero attached hydrogens (tertiary/aromatic N) is 2. The Morgan fingerprint density at radius 1 is 0.889 bits per heavy atom. The molecule has 0 bridgehead atoms. The van der Waals surface area contributed by atoms with Crippen molar-refractivity contribution in [2.24, 2.45) is 0 Å². The molecule has 0 fully saturated rings. The molecule has 0 aliphatic heterocycles. The van der Waals surface area contributed by atoms with Gasteiger partial charge in [-0.05, 0) is 48.4 Å². The fourth-order valence-electron chi connectivity index (χ4n) is 4.78. The number of rotatable bonds is 14. The third-order valence-corrected chi connectivity index (χ3v) is 9.51. The van der Waals surface area contributed by atoms with Crippen molar-refractivity contribution < 1.29 is 22.4 Å². The van der Waals surface area contributed by atoms with Crippen LogP contribution in [0.5, 0.6) is 0 Å². The minimum Gasteiger partial charge on any atom is -0.354 e. The van der Waals surface area contributed by atoms with Crippen molar-refractivity contribution in [3.63, 3.8) is 0 Å². The molecule has 4 aromatic carbocycles. The van der Waals surface area contributed by atoms with Crippen LogP contribution in [0.1, 0.15) is 30.9 Å². The molecule has 0 aliphatic rings. The molecule has 0 heterocycles. The number of sulfonamides is 1. The van der Waals surface area contributed by atoms with Gasteiger partial charge in [-0.25, -0.2) is 12.8 Å². The molecule has 1 unspecified atom stereocenters. The summed E-state index contributed by atoms with van der Waals surface area (Å²) in [5, 5.41) is 3.15. The highest BCUT2D eigenvalue weighted by molar-refractivity contribution is 7.92. The van der Waals surface area contributed by atoms with Crippen LogP contribution in [0.25, 0.3) is 0 Å². The van der Waals surface area contributed by atoms with E-state index in [0.29, 0.717) is 6.54 Å². The van der Waals surface area contributed by atoms with E-state index in [1.165, 1.54) is 53.4 Å². The predicted octanol–water partition coefficient (Wildman–Crippen LogP) is 6.88. The van der Waals surface area contributed by atoms with E-state index < -0.39 is 40.2 Å². The largest absolute Gasteiger partial charge is 0.354 e. The Labute approximate surface area is 273 Å². The standard InChI is InChI=1S/C34H34Cl2FN3O4S/c1-2-3-20-38-34(42)32(21-25-12-6-4-7-13-25)39(23-26-14-10-11-17-30(26)37)33(41)24-40(31-22-27(35)18-19-29(31)36)45(43,44)28-15-8-5-9-16-28/h4-19,22,32H,2-3,20-21,23-24H2,1H3,(H,38,42). The Morgan fingerprint density at radius 2 is 1.53 bits per heavy atom. The first-order chi connectivity index (χ1) is 21.6. The van der Waals surface area contributed by atoms with Crippen LogP contribution in [0.4, 0.5) is 10.1 Å². The zero-order valence-corrected chi connectivity index (χ0v) is 27.0. The lowest BCUT2D eigenvalue weighted by Crippen LogP contribution is -2.53. The fourth-order valence-corrected chi connectivity index (χ4v) is 6.66. The number of carbonyl (C=O) groups is 2. The highest BCUT2D eigenvalue weighted by Gasteiger charge is 2.35. The number of halogens is 3. The van der Waals surface area contributed by atoms with E-state index in [1.807, 2.05) is 37.3 Å². The summed E-state index contributed by atoms with van der Waals surface area (Å²) in [5.41, 5.74) is 0.925. The third-order valence-electron chi connectivity index (χ3n) is 7.19. The SMILES string of the molecule is CCCCNC(=O)C(Cc1ccccc1)N(Cc1ccccc1F)C(=O)CN(c1cc(Cl)ccc1Cl)S(=O)(=O)c1ccccc1. The molecule has 2 amide bonds. The number of anilines is 1. The van der Waals surface area contributed by atoms with Crippen molar-refractivity contribution in [2.45, 2.75) is 43.7 Å². The van der Waals surface area contributed by atoms with Crippen molar-refractivity contribution in [1.82, 2.24) is 10.2 Å². The van der Waals surface area contributed by atoms with Gasteiger partial charge in [0.05, 0.1) is 15.6 Å². The molecule has 1 atom stereocenters. The van der Waals surface area contributed by atoms with E-state index in [2.05, 4.69) is 5.32 Å². The van der Waals surface area contributed by atoms with Crippen molar-refractivity contribution in [2.75, 3.05) is 17.4 Å². The van der Waals surface area contributed by atoms with Crippen molar-refractivity contribution in [3.8, 4) is 0 Å². The Morgan fingerprint density at radius 3 is 2.20 bits per heavy atom. The second kappa shape index (κ2) is 15.9. The fraction of sp³-hybridized carbons (Fsp3) is 0.235. The Bertz CT molecular complexity index is 1710. The third kappa shape index (κ3) is 8.84. The molecule has 0 aliphatic carbocycles. The first-order valence-corrected chi connectivity index (χ1v) is 16.7. The van der Waals surface area contributed by atoms with Gasteiger partial charge in [-0.1, -0.05) is 103 Å². The molecular formula is C34H34Cl2FN3O4S.